The molecule has 31 heavy (non-hydrogen) atoms. The normalized spacial score (nSPS) is 24.0. The third-order valence-electron chi connectivity index (χ3n) is 6.02. The van der Waals surface area contributed by atoms with E-state index in [0.717, 1.165) is 29.3 Å². The summed E-state index contributed by atoms with van der Waals surface area (Å²) in [4.78, 5) is 39.8. The number of fused-ring (bicyclic) bond motifs is 3. The Balaban J connectivity index is 1.35. The second kappa shape index (κ2) is 8.46. The Labute approximate surface area is 178 Å². The number of H-pyrrole nitrogens is 1. The molecule has 3 aliphatic rings. The molecule has 2 bridgehead atoms. The predicted molar refractivity (Wildman–Crippen MR) is 112 cm³/mol. The lowest BCUT2D eigenvalue weighted by molar-refractivity contribution is -0.144. The summed E-state index contributed by atoms with van der Waals surface area (Å²) in [5.41, 5.74) is 7.07. The Morgan fingerprint density at radius 1 is 1.26 bits per heavy atom. The van der Waals surface area contributed by atoms with Crippen LogP contribution in [0.25, 0.3) is 10.9 Å². The topological polar surface area (TPSA) is 162 Å². The van der Waals surface area contributed by atoms with Gasteiger partial charge < -0.3 is 26.5 Å². The van der Waals surface area contributed by atoms with Crippen LogP contribution in [0.15, 0.2) is 40.7 Å². The highest BCUT2D eigenvalue weighted by Gasteiger charge is 2.41. The van der Waals surface area contributed by atoms with E-state index in [1.54, 1.807) is 6.20 Å². The standard InChI is InChI=1S/C21H26N6O4/c22-15(9-12-11-23-16-4-2-1-3-14(12)16)19(29)24-17(20(30)31)10-18(28)25-21-7-5-13(6-8-21)26-27-21/h1-4,11,13,15,17,23H,5-10,22H2,(H,24,29)(H,25,28)(H,30,31)/t13?,15-,17?,21?/m0/s1. The minimum absolute atomic E-state index is 0.225. The number of amides is 2. The van der Waals surface area contributed by atoms with Gasteiger partial charge in [0.1, 0.15) is 6.04 Å². The molecule has 1 aliphatic carbocycles. The van der Waals surface area contributed by atoms with Crippen LogP contribution in [0.5, 0.6) is 0 Å². The molecule has 2 aromatic rings. The quantitative estimate of drug-likeness (QED) is 0.428. The van der Waals surface area contributed by atoms with Crippen molar-refractivity contribution in [2.45, 2.75) is 62.3 Å². The highest BCUT2D eigenvalue weighted by molar-refractivity contribution is 5.91. The zero-order chi connectivity index (χ0) is 22.0. The Kier molecular flexibility index (Phi) is 5.73. The van der Waals surface area contributed by atoms with Crippen LogP contribution in [0, 0.1) is 0 Å². The van der Waals surface area contributed by atoms with Crippen molar-refractivity contribution in [1.29, 1.82) is 0 Å². The lowest BCUT2D eigenvalue weighted by Gasteiger charge is -2.39. The first-order chi connectivity index (χ1) is 14.8. The van der Waals surface area contributed by atoms with Crippen molar-refractivity contribution in [3.8, 4) is 0 Å². The fraction of sp³-hybridized carbons (Fsp3) is 0.476. The van der Waals surface area contributed by atoms with E-state index in [0.29, 0.717) is 12.8 Å². The van der Waals surface area contributed by atoms with E-state index in [2.05, 4.69) is 25.8 Å². The second-order valence-corrected chi connectivity index (χ2v) is 8.30. The molecule has 0 spiro atoms. The summed E-state index contributed by atoms with van der Waals surface area (Å²) in [6, 6.07) is 5.52. The summed E-state index contributed by atoms with van der Waals surface area (Å²) in [5.74, 6) is -2.41. The fourth-order valence-electron chi connectivity index (χ4n) is 4.24. The Morgan fingerprint density at radius 2 is 2.00 bits per heavy atom. The molecule has 0 radical (unpaired) electrons. The van der Waals surface area contributed by atoms with E-state index in [-0.39, 0.29) is 12.5 Å². The smallest absolute Gasteiger partial charge is 0.326 e. The number of aromatic nitrogens is 1. The summed E-state index contributed by atoms with van der Waals surface area (Å²) >= 11 is 0. The molecular weight excluding hydrogens is 400 g/mol. The van der Waals surface area contributed by atoms with Gasteiger partial charge in [0.25, 0.3) is 0 Å². The van der Waals surface area contributed by atoms with Crippen molar-refractivity contribution in [2.75, 3.05) is 0 Å². The van der Waals surface area contributed by atoms with E-state index < -0.39 is 42.0 Å². The van der Waals surface area contributed by atoms with Crippen LogP contribution in [0.4, 0.5) is 0 Å². The molecule has 0 saturated heterocycles. The van der Waals surface area contributed by atoms with E-state index in [4.69, 9.17) is 5.73 Å². The molecule has 6 N–H and O–H groups in total. The molecule has 2 amide bonds. The second-order valence-electron chi connectivity index (χ2n) is 8.30. The number of nitrogens with two attached hydrogens (primary N) is 1. The fourth-order valence-corrected chi connectivity index (χ4v) is 4.24. The maximum atomic E-state index is 12.5. The van der Waals surface area contributed by atoms with E-state index in [9.17, 15) is 19.5 Å². The van der Waals surface area contributed by atoms with Crippen molar-refractivity contribution >= 4 is 28.7 Å². The number of nitrogens with one attached hydrogen (secondary N) is 3. The van der Waals surface area contributed by atoms with Gasteiger partial charge in [0.2, 0.25) is 11.8 Å². The maximum Gasteiger partial charge on any atom is 0.326 e. The summed E-state index contributed by atoms with van der Waals surface area (Å²) in [6.45, 7) is 0. The minimum Gasteiger partial charge on any atom is -0.480 e. The molecule has 2 atom stereocenters. The van der Waals surface area contributed by atoms with Gasteiger partial charge in [-0.3, -0.25) is 9.59 Å². The van der Waals surface area contributed by atoms with E-state index >= 15 is 0 Å². The largest absolute Gasteiger partial charge is 0.480 e. The number of carbonyl (C=O) groups excluding carboxylic acids is 2. The minimum atomic E-state index is -1.38. The van der Waals surface area contributed by atoms with Crippen molar-refractivity contribution in [3.05, 3.63) is 36.0 Å². The number of aliphatic carboxylic acids is 1. The average Bonchev–Trinajstić information content (AvgIpc) is 3.17. The molecule has 10 heteroatoms. The Hall–Kier alpha value is -3.27. The summed E-state index contributed by atoms with van der Waals surface area (Å²) in [6.07, 6.45) is 4.70. The van der Waals surface area contributed by atoms with Gasteiger partial charge in [0, 0.05) is 17.1 Å². The van der Waals surface area contributed by atoms with Crippen molar-refractivity contribution < 1.29 is 19.5 Å². The lowest BCUT2D eigenvalue weighted by Crippen LogP contribution is -2.55. The van der Waals surface area contributed by atoms with Gasteiger partial charge in [-0.05, 0) is 43.7 Å². The number of aromatic amines is 1. The number of carbonyl (C=O) groups is 3. The van der Waals surface area contributed by atoms with Crippen LogP contribution in [0.2, 0.25) is 0 Å². The molecule has 164 valence electrons. The van der Waals surface area contributed by atoms with Gasteiger partial charge in [-0.25, -0.2) is 4.79 Å². The first-order valence-electron chi connectivity index (χ1n) is 10.4. The van der Waals surface area contributed by atoms with Crippen LogP contribution in [-0.4, -0.2) is 51.7 Å². The number of para-hydroxylation sites is 1. The van der Waals surface area contributed by atoms with Gasteiger partial charge >= 0.3 is 5.97 Å². The predicted octanol–water partition coefficient (Wildman–Crippen LogP) is 1.22. The molecular formula is C21H26N6O4. The molecule has 1 aromatic heterocycles. The van der Waals surface area contributed by atoms with Gasteiger partial charge in [0.15, 0.2) is 5.66 Å². The molecule has 5 rings (SSSR count). The summed E-state index contributed by atoms with van der Waals surface area (Å²) < 4.78 is 0. The number of carboxylic acids is 1. The maximum absolute atomic E-state index is 12.5. The first kappa shape index (κ1) is 21.0. The molecule has 1 saturated carbocycles. The highest BCUT2D eigenvalue weighted by atomic mass is 16.4. The number of carboxylic acid groups (broad SMARTS) is 1. The molecule has 10 nitrogen and oxygen atoms in total. The summed E-state index contributed by atoms with van der Waals surface area (Å²) in [5, 5.41) is 24.1. The van der Waals surface area contributed by atoms with Gasteiger partial charge in [0.05, 0.1) is 18.5 Å². The van der Waals surface area contributed by atoms with Crippen molar-refractivity contribution in [3.63, 3.8) is 0 Å². The number of nitrogens with zero attached hydrogens (tertiary/aromatic N) is 2. The van der Waals surface area contributed by atoms with Gasteiger partial charge in [-0.1, -0.05) is 18.2 Å². The number of rotatable bonds is 8. The molecule has 1 unspecified atom stereocenters. The summed E-state index contributed by atoms with van der Waals surface area (Å²) in [7, 11) is 0. The van der Waals surface area contributed by atoms with E-state index in [1.165, 1.54) is 0 Å². The van der Waals surface area contributed by atoms with Crippen LogP contribution in [0.3, 0.4) is 0 Å². The van der Waals surface area contributed by atoms with Crippen LogP contribution in [0.1, 0.15) is 37.7 Å². The Bertz CT molecular complexity index is 1020. The average molecular weight is 426 g/mol. The first-order valence-corrected chi connectivity index (χ1v) is 10.4. The molecule has 3 heterocycles. The van der Waals surface area contributed by atoms with Crippen molar-refractivity contribution in [2.24, 2.45) is 16.0 Å². The SMILES string of the molecule is N[C@@H](Cc1c[nH]c2ccccc12)C(=O)NC(CC(=O)NC12CCC(CC1)N=N2)C(=O)O. The van der Waals surface area contributed by atoms with Crippen molar-refractivity contribution in [1.82, 2.24) is 15.6 Å². The van der Waals surface area contributed by atoms with Gasteiger partial charge in [-0.15, -0.1) is 0 Å². The third-order valence-corrected chi connectivity index (χ3v) is 6.02. The van der Waals surface area contributed by atoms with Crippen LogP contribution in [-0.2, 0) is 20.8 Å². The number of hydrogen-bond acceptors (Lipinski definition) is 6. The Morgan fingerprint density at radius 3 is 2.68 bits per heavy atom. The van der Waals surface area contributed by atoms with Crippen LogP contribution >= 0.6 is 0 Å². The molecule has 1 fully saturated rings. The number of hydrogen-bond donors (Lipinski definition) is 5. The highest BCUT2D eigenvalue weighted by Crippen LogP contribution is 2.36. The monoisotopic (exact) mass is 426 g/mol. The lowest BCUT2D eigenvalue weighted by atomic mass is 9.85. The van der Waals surface area contributed by atoms with Crippen LogP contribution < -0.4 is 16.4 Å². The van der Waals surface area contributed by atoms with E-state index in [1.807, 2.05) is 24.3 Å². The number of azo groups is 1. The third kappa shape index (κ3) is 4.58. The van der Waals surface area contributed by atoms with Gasteiger partial charge in [-0.2, -0.15) is 10.2 Å². The number of benzene rings is 1. The molecule has 1 aromatic carbocycles. The zero-order valence-corrected chi connectivity index (χ0v) is 17.0. The zero-order valence-electron chi connectivity index (χ0n) is 17.0. The molecule has 2 aliphatic heterocycles.